The van der Waals surface area contributed by atoms with Gasteiger partial charge in [0.2, 0.25) is 35.4 Å². The Bertz CT molecular complexity index is 2430. The van der Waals surface area contributed by atoms with E-state index in [2.05, 4.69) is 42.5 Å². The molecule has 3 aromatic rings. The number of aryl methyl sites for hydroxylation is 2. The van der Waals surface area contributed by atoms with E-state index in [0.29, 0.717) is 12.8 Å². The smallest absolute Gasteiger partial charge is 0.251 e. The number of likely N-dealkylation sites (tertiary alicyclic amines) is 2. The summed E-state index contributed by atoms with van der Waals surface area (Å²) in [5, 5.41) is 24.0. The first kappa shape index (κ1) is 55.1. The SMILES string of the molecule is CN[C@@H](C)C(=O)N[C@H](C(=O)N1C[C@@H](NC(=O)c2ccc(C(=O)N[C@H]3C[C@@H](C(=O)N[C@@H]4CCc5ccccc54)N(C(=O)[C@@H](NC(=O)[C@H](C)NC)C(C)(C)C)C3)cc2)C[C@H]1C(=O)N[C@@H]1CCc2ccccc21)C(C)(C)C. The standard InChI is InChI=1S/C56H76N10O8/c1-31(57-9)47(67)63-45(55(3,4)5)53(73)65-29-37(27-43(65)51(71)61-41-25-23-33-15-11-13-17-39(33)41)59-49(69)35-19-21-36(22-20-35)50(70)60-38-28-44(52(72)62-42-26-24-34-16-12-14-18-40(34)42)66(30-38)54(74)46(56(6,7)8)64-48(68)32(2)58-10/h11-22,31-32,37-38,41-46,57-58H,23-30H2,1-10H3,(H,59,69)(H,60,70)(H,61,71)(H,62,72)(H,63,67)(H,64,68)/t31-,32-,37-,38-,41+,42+,43-,44-,45+,46+/m0/s1. The maximum absolute atomic E-state index is 14.6. The molecule has 0 bridgehead atoms. The van der Waals surface area contributed by atoms with Crippen LogP contribution < -0.4 is 42.5 Å². The molecule has 18 nitrogen and oxygen atoms in total. The van der Waals surface area contributed by atoms with E-state index in [1.54, 1.807) is 27.9 Å². The molecule has 0 aromatic heterocycles. The zero-order valence-corrected chi connectivity index (χ0v) is 44.5. The molecule has 2 fully saturated rings. The summed E-state index contributed by atoms with van der Waals surface area (Å²) in [6.07, 6.45) is 3.30. The van der Waals surface area contributed by atoms with Crippen molar-refractivity contribution in [3.8, 4) is 0 Å². The van der Waals surface area contributed by atoms with Gasteiger partial charge in [-0.15, -0.1) is 0 Å². The maximum atomic E-state index is 14.6. The highest BCUT2D eigenvalue weighted by molar-refractivity contribution is 5.99. The fraction of sp³-hybridized carbons (Fsp3) is 0.536. The van der Waals surface area contributed by atoms with Crippen LogP contribution in [0.3, 0.4) is 0 Å². The summed E-state index contributed by atoms with van der Waals surface area (Å²) in [6.45, 7) is 14.5. The lowest BCUT2D eigenvalue weighted by atomic mass is 9.85. The van der Waals surface area contributed by atoms with Crippen LogP contribution in [-0.2, 0) is 41.6 Å². The summed E-state index contributed by atoms with van der Waals surface area (Å²) in [6, 6.07) is 15.2. The molecule has 2 heterocycles. The number of carbonyl (C=O) groups excluding carboxylic acids is 8. The van der Waals surface area contributed by atoms with Gasteiger partial charge in [-0.1, -0.05) is 90.1 Å². The third-order valence-corrected chi connectivity index (χ3v) is 15.2. The Balaban J connectivity index is 1.05. The lowest BCUT2D eigenvalue weighted by Gasteiger charge is -2.36. The molecular weight excluding hydrogens is 941 g/mol. The van der Waals surface area contributed by atoms with Crippen LogP contribution in [0.5, 0.6) is 0 Å². The number of amides is 8. The normalized spacial score (nSPS) is 22.8. The van der Waals surface area contributed by atoms with Crippen molar-refractivity contribution in [3.63, 3.8) is 0 Å². The van der Waals surface area contributed by atoms with Crippen LogP contribution in [0.1, 0.15) is 136 Å². The minimum absolute atomic E-state index is 0.0141. The predicted molar refractivity (Wildman–Crippen MR) is 280 cm³/mol. The second kappa shape index (κ2) is 22.8. The Labute approximate surface area is 435 Å². The van der Waals surface area contributed by atoms with E-state index in [1.807, 2.05) is 90.1 Å². The van der Waals surface area contributed by atoms with Crippen molar-refractivity contribution in [2.24, 2.45) is 10.8 Å². The summed E-state index contributed by atoms with van der Waals surface area (Å²) in [5.41, 5.74) is 3.40. The molecule has 7 rings (SSSR count). The molecular formula is C56H76N10O8. The van der Waals surface area contributed by atoms with Gasteiger partial charge in [-0.05, 0) is 124 Å². The first-order valence-electron chi connectivity index (χ1n) is 26.0. The van der Waals surface area contributed by atoms with Gasteiger partial charge in [-0.3, -0.25) is 38.4 Å². The minimum atomic E-state index is -0.979. The second-order valence-electron chi connectivity index (χ2n) is 22.6. The molecule has 0 saturated carbocycles. The third kappa shape index (κ3) is 12.5. The third-order valence-electron chi connectivity index (χ3n) is 15.2. The predicted octanol–water partition coefficient (Wildman–Crippen LogP) is 2.97. The van der Waals surface area contributed by atoms with Crippen molar-refractivity contribution in [2.45, 2.75) is 154 Å². The van der Waals surface area contributed by atoms with Gasteiger partial charge in [-0.25, -0.2) is 0 Å². The van der Waals surface area contributed by atoms with Crippen LogP contribution in [0.15, 0.2) is 72.8 Å². The van der Waals surface area contributed by atoms with Crippen LogP contribution in [0, 0.1) is 10.8 Å². The number of nitrogens with one attached hydrogen (secondary N) is 8. The molecule has 0 spiro atoms. The average molecular weight is 1020 g/mol. The van der Waals surface area contributed by atoms with Gasteiger partial charge in [0.25, 0.3) is 11.8 Å². The van der Waals surface area contributed by atoms with Gasteiger partial charge < -0.3 is 52.3 Å². The Morgan fingerprint density at radius 2 is 0.865 bits per heavy atom. The van der Waals surface area contributed by atoms with E-state index in [-0.39, 0.29) is 72.8 Å². The second-order valence-corrected chi connectivity index (χ2v) is 22.6. The van der Waals surface area contributed by atoms with E-state index in [0.717, 1.165) is 35.1 Å². The summed E-state index contributed by atoms with van der Waals surface area (Å²) >= 11 is 0. The lowest BCUT2D eigenvalue weighted by Crippen LogP contribution is -2.59. The minimum Gasteiger partial charge on any atom is -0.347 e. The molecule has 18 heteroatoms. The number of carbonyl (C=O) groups is 8. The van der Waals surface area contributed by atoms with E-state index in [1.165, 1.54) is 34.1 Å². The van der Waals surface area contributed by atoms with E-state index in [9.17, 15) is 38.4 Å². The Morgan fingerprint density at radius 3 is 1.20 bits per heavy atom. The van der Waals surface area contributed by atoms with Gasteiger partial charge in [0.1, 0.15) is 24.2 Å². The van der Waals surface area contributed by atoms with Gasteiger partial charge in [0.15, 0.2) is 0 Å². The van der Waals surface area contributed by atoms with E-state index >= 15 is 0 Å². The number of rotatable bonds is 16. The van der Waals surface area contributed by atoms with Crippen LogP contribution in [0.25, 0.3) is 0 Å². The highest BCUT2D eigenvalue weighted by Gasteiger charge is 2.48. The maximum Gasteiger partial charge on any atom is 0.251 e. The van der Waals surface area contributed by atoms with Gasteiger partial charge in [0, 0.05) is 36.3 Å². The van der Waals surface area contributed by atoms with Gasteiger partial charge in [-0.2, -0.15) is 0 Å². The molecule has 0 unspecified atom stereocenters. The molecule has 10 atom stereocenters. The fourth-order valence-electron chi connectivity index (χ4n) is 10.6. The van der Waals surface area contributed by atoms with Crippen molar-refractivity contribution in [2.75, 3.05) is 27.2 Å². The number of nitrogens with zero attached hydrogens (tertiary/aromatic N) is 2. The molecule has 2 aliphatic heterocycles. The summed E-state index contributed by atoms with van der Waals surface area (Å²) in [7, 11) is 3.30. The van der Waals surface area contributed by atoms with Crippen LogP contribution >= 0.6 is 0 Å². The molecule has 0 radical (unpaired) electrons. The monoisotopic (exact) mass is 1020 g/mol. The van der Waals surface area contributed by atoms with Gasteiger partial charge >= 0.3 is 0 Å². The highest BCUT2D eigenvalue weighted by atomic mass is 16.2. The molecule has 398 valence electrons. The lowest BCUT2D eigenvalue weighted by molar-refractivity contribution is -0.144. The molecule has 8 N–H and O–H groups in total. The van der Waals surface area contributed by atoms with Gasteiger partial charge in [0.05, 0.1) is 24.2 Å². The zero-order chi connectivity index (χ0) is 53.8. The first-order chi connectivity index (χ1) is 35.0. The first-order valence-corrected chi connectivity index (χ1v) is 26.0. The van der Waals surface area contributed by atoms with Crippen LogP contribution in [-0.4, -0.2) is 133 Å². The van der Waals surface area contributed by atoms with Crippen molar-refractivity contribution >= 4 is 47.3 Å². The largest absolute Gasteiger partial charge is 0.347 e. The highest BCUT2D eigenvalue weighted by Crippen LogP contribution is 2.34. The molecule has 2 saturated heterocycles. The molecule has 2 aliphatic carbocycles. The number of hydrogen-bond acceptors (Lipinski definition) is 10. The quantitative estimate of drug-likeness (QED) is 0.104. The zero-order valence-electron chi connectivity index (χ0n) is 44.5. The fourth-order valence-corrected chi connectivity index (χ4v) is 10.6. The average Bonchev–Trinajstić information content (AvgIpc) is 4.19. The van der Waals surface area contributed by atoms with E-state index in [4.69, 9.17) is 0 Å². The number of likely N-dealkylation sites (N-methyl/N-ethyl adjacent to an activating group) is 2. The Kier molecular flexibility index (Phi) is 17.0. The molecule has 4 aliphatic rings. The molecule has 8 amide bonds. The number of benzene rings is 3. The van der Waals surface area contributed by atoms with Crippen molar-refractivity contribution in [3.05, 3.63) is 106 Å². The summed E-state index contributed by atoms with van der Waals surface area (Å²) < 4.78 is 0. The van der Waals surface area contributed by atoms with Crippen molar-refractivity contribution < 1.29 is 38.4 Å². The summed E-state index contributed by atoms with van der Waals surface area (Å²) in [4.78, 5) is 115. The summed E-state index contributed by atoms with van der Waals surface area (Å²) in [5.74, 6) is -3.25. The van der Waals surface area contributed by atoms with Crippen molar-refractivity contribution in [1.29, 1.82) is 0 Å². The van der Waals surface area contributed by atoms with Crippen molar-refractivity contribution in [1.82, 2.24) is 52.3 Å². The Morgan fingerprint density at radius 1 is 0.514 bits per heavy atom. The molecule has 74 heavy (non-hydrogen) atoms. The van der Waals surface area contributed by atoms with E-state index < -0.39 is 82.8 Å². The van der Waals surface area contributed by atoms with Crippen LogP contribution in [0.4, 0.5) is 0 Å². The molecule has 3 aromatic carbocycles. The number of fused-ring (bicyclic) bond motifs is 2. The number of hydrogen-bond donors (Lipinski definition) is 8. The topological polar surface area (TPSA) is 239 Å². The Hall–Kier alpha value is -6.66. The van der Waals surface area contributed by atoms with Crippen LogP contribution in [0.2, 0.25) is 0 Å².